The lowest BCUT2D eigenvalue weighted by atomic mass is 10.0. The van der Waals surface area contributed by atoms with Gasteiger partial charge in [0, 0.05) is 5.56 Å². The van der Waals surface area contributed by atoms with Crippen molar-refractivity contribution in [2.24, 2.45) is 0 Å². The van der Waals surface area contributed by atoms with Crippen LogP contribution >= 0.6 is 0 Å². The summed E-state index contributed by atoms with van der Waals surface area (Å²) in [6.07, 6.45) is -0.457. The molecule has 2 heterocycles. The molecule has 4 heteroatoms. The van der Waals surface area contributed by atoms with Gasteiger partial charge in [-0.1, -0.05) is 30.3 Å². The maximum absolute atomic E-state index is 12.4. The average molecular weight is 296 g/mol. The lowest BCUT2D eigenvalue weighted by Crippen LogP contribution is -2.13. The summed E-state index contributed by atoms with van der Waals surface area (Å²) in [5.41, 5.74) is 1.78. The fourth-order valence-corrected chi connectivity index (χ4v) is 2.79. The summed E-state index contributed by atoms with van der Waals surface area (Å²) in [6.45, 7) is 0. The van der Waals surface area contributed by atoms with E-state index in [1.807, 2.05) is 30.3 Å². The van der Waals surface area contributed by atoms with E-state index in [0.717, 1.165) is 11.3 Å². The highest BCUT2D eigenvalue weighted by atomic mass is 16.7. The van der Waals surface area contributed by atoms with Crippen LogP contribution in [0.25, 0.3) is 0 Å². The van der Waals surface area contributed by atoms with E-state index in [4.69, 9.17) is 14.2 Å². The molecule has 4 atom stereocenters. The highest BCUT2D eigenvalue weighted by Gasteiger charge is 2.60. The number of rotatable bonds is 5. The quantitative estimate of drug-likeness (QED) is 0.629. The SMILES string of the molecule is COc1ccc(C(=O)C2OC2C2OC2c2ccccc2)cc1. The molecule has 2 fully saturated rings. The molecule has 0 bridgehead atoms. The molecule has 0 radical (unpaired) electrons. The number of carbonyl (C=O) groups excluding carboxylic acids is 1. The second-order valence-corrected chi connectivity index (χ2v) is 5.55. The van der Waals surface area contributed by atoms with Gasteiger partial charge in [0.05, 0.1) is 7.11 Å². The van der Waals surface area contributed by atoms with Crippen molar-refractivity contribution in [1.29, 1.82) is 0 Å². The van der Waals surface area contributed by atoms with Crippen LogP contribution in [0, 0.1) is 0 Å². The highest BCUT2D eigenvalue weighted by molar-refractivity contribution is 6.01. The van der Waals surface area contributed by atoms with E-state index in [1.54, 1.807) is 31.4 Å². The van der Waals surface area contributed by atoms with Crippen LogP contribution in [0.3, 0.4) is 0 Å². The van der Waals surface area contributed by atoms with Crippen LogP contribution < -0.4 is 4.74 Å². The molecule has 4 unspecified atom stereocenters. The molecule has 0 aromatic heterocycles. The van der Waals surface area contributed by atoms with Gasteiger partial charge in [0.15, 0.2) is 5.78 Å². The van der Waals surface area contributed by atoms with Crippen molar-refractivity contribution in [1.82, 2.24) is 0 Å². The van der Waals surface area contributed by atoms with Gasteiger partial charge in [-0.15, -0.1) is 0 Å². The first kappa shape index (κ1) is 13.5. The van der Waals surface area contributed by atoms with Gasteiger partial charge in [0.2, 0.25) is 0 Å². The largest absolute Gasteiger partial charge is 0.497 e. The van der Waals surface area contributed by atoms with Crippen LogP contribution in [0.15, 0.2) is 54.6 Å². The second kappa shape index (κ2) is 5.23. The van der Waals surface area contributed by atoms with E-state index in [0.29, 0.717) is 5.56 Å². The third-order valence-electron chi connectivity index (χ3n) is 4.14. The van der Waals surface area contributed by atoms with E-state index >= 15 is 0 Å². The molecule has 4 nitrogen and oxygen atoms in total. The van der Waals surface area contributed by atoms with Crippen molar-refractivity contribution >= 4 is 5.78 Å². The van der Waals surface area contributed by atoms with Crippen molar-refractivity contribution in [3.8, 4) is 5.75 Å². The highest BCUT2D eigenvalue weighted by Crippen LogP contribution is 2.48. The minimum Gasteiger partial charge on any atom is -0.497 e. The average Bonchev–Trinajstić information content (AvgIpc) is 3.47. The minimum absolute atomic E-state index is 0.00500. The maximum Gasteiger partial charge on any atom is 0.194 e. The molecule has 22 heavy (non-hydrogen) atoms. The Morgan fingerprint density at radius 2 is 1.68 bits per heavy atom. The number of ether oxygens (including phenoxy) is 3. The molecule has 2 aromatic rings. The predicted octanol–water partition coefficient (Wildman–Crippen LogP) is 2.79. The minimum atomic E-state index is -0.382. The lowest BCUT2D eigenvalue weighted by Gasteiger charge is -2.00. The zero-order valence-electron chi connectivity index (χ0n) is 12.1. The molecule has 0 N–H and O–H groups in total. The van der Waals surface area contributed by atoms with Gasteiger partial charge in [0.1, 0.15) is 30.2 Å². The Morgan fingerprint density at radius 3 is 2.36 bits per heavy atom. The van der Waals surface area contributed by atoms with Gasteiger partial charge in [-0.2, -0.15) is 0 Å². The van der Waals surface area contributed by atoms with Crippen molar-refractivity contribution in [2.45, 2.75) is 24.4 Å². The molecule has 2 aliphatic rings. The molecule has 112 valence electrons. The third kappa shape index (κ3) is 2.40. The van der Waals surface area contributed by atoms with Crippen molar-refractivity contribution in [2.75, 3.05) is 7.11 Å². The number of carbonyl (C=O) groups is 1. The van der Waals surface area contributed by atoms with E-state index in [1.165, 1.54) is 0 Å². The first-order chi connectivity index (χ1) is 10.8. The van der Waals surface area contributed by atoms with Gasteiger partial charge >= 0.3 is 0 Å². The Balaban J connectivity index is 1.39. The molecule has 0 saturated carbocycles. The van der Waals surface area contributed by atoms with E-state index in [-0.39, 0.29) is 30.2 Å². The third-order valence-corrected chi connectivity index (χ3v) is 4.14. The number of methoxy groups -OCH3 is 1. The zero-order chi connectivity index (χ0) is 15.1. The molecule has 0 spiro atoms. The molecular weight excluding hydrogens is 280 g/mol. The second-order valence-electron chi connectivity index (χ2n) is 5.55. The van der Waals surface area contributed by atoms with Gasteiger partial charge < -0.3 is 14.2 Å². The van der Waals surface area contributed by atoms with Crippen LogP contribution in [0.1, 0.15) is 22.0 Å². The van der Waals surface area contributed by atoms with Crippen LogP contribution in [0.5, 0.6) is 5.75 Å². The maximum atomic E-state index is 12.4. The fourth-order valence-electron chi connectivity index (χ4n) is 2.79. The summed E-state index contributed by atoms with van der Waals surface area (Å²) in [5.74, 6) is 0.745. The van der Waals surface area contributed by atoms with Gasteiger partial charge in [-0.3, -0.25) is 4.79 Å². The summed E-state index contributed by atoms with van der Waals surface area (Å²) in [5, 5.41) is 0. The normalized spacial score (nSPS) is 29.0. The molecule has 0 amide bonds. The number of hydrogen-bond acceptors (Lipinski definition) is 4. The lowest BCUT2D eigenvalue weighted by molar-refractivity contribution is 0.0953. The van der Waals surface area contributed by atoms with Crippen LogP contribution in [-0.2, 0) is 9.47 Å². The summed E-state index contributed by atoms with van der Waals surface area (Å²) in [4.78, 5) is 12.4. The van der Waals surface area contributed by atoms with E-state index in [2.05, 4.69) is 0 Å². The Hall–Kier alpha value is -2.17. The fraction of sp³-hybridized carbons (Fsp3) is 0.278. The van der Waals surface area contributed by atoms with Crippen LogP contribution in [0.2, 0.25) is 0 Å². The number of benzene rings is 2. The Morgan fingerprint density at radius 1 is 0.955 bits per heavy atom. The summed E-state index contributed by atoms with van der Waals surface area (Å²) < 4.78 is 16.3. The number of Topliss-reactive ketones (excluding diaryl/α,β-unsaturated/α-hetero) is 1. The smallest absolute Gasteiger partial charge is 0.194 e. The molecular formula is C18H16O4. The van der Waals surface area contributed by atoms with E-state index in [9.17, 15) is 4.79 Å². The number of epoxide rings is 2. The molecule has 2 aromatic carbocycles. The Labute approximate surface area is 128 Å². The van der Waals surface area contributed by atoms with Gasteiger partial charge in [0.25, 0.3) is 0 Å². The number of hydrogen-bond donors (Lipinski definition) is 0. The molecule has 4 rings (SSSR count). The Bertz CT molecular complexity index is 680. The predicted molar refractivity (Wildman–Crippen MR) is 80.0 cm³/mol. The summed E-state index contributed by atoms with van der Waals surface area (Å²) >= 11 is 0. The van der Waals surface area contributed by atoms with Crippen LogP contribution in [0.4, 0.5) is 0 Å². The van der Waals surface area contributed by atoms with Crippen molar-refractivity contribution in [3.63, 3.8) is 0 Å². The molecule has 0 aliphatic carbocycles. The first-order valence-corrected chi connectivity index (χ1v) is 7.32. The standard InChI is InChI=1S/C18H16O4/c1-20-13-9-7-11(8-10-13)14(19)16-18(22-16)17-15(21-17)12-5-3-2-4-6-12/h2-10,15-18H,1H3. The van der Waals surface area contributed by atoms with E-state index < -0.39 is 0 Å². The van der Waals surface area contributed by atoms with Gasteiger partial charge in [-0.25, -0.2) is 0 Å². The zero-order valence-corrected chi connectivity index (χ0v) is 12.1. The summed E-state index contributed by atoms with van der Waals surface area (Å²) in [7, 11) is 1.60. The van der Waals surface area contributed by atoms with Gasteiger partial charge in [-0.05, 0) is 29.8 Å². The topological polar surface area (TPSA) is 51.4 Å². The van der Waals surface area contributed by atoms with Crippen LogP contribution in [-0.4, -0.2) is 31.2 Å². The monoisotopic (exact) mass is 296 g/mol. The summed E-state index contributed by atoms with van der Waals surface area (Å²) in [6, 6.07) is 17.1. The first-order valence-electron chi connectivity index (χ1n) is 7.32. The Kier molecular flexibility index (Phi) is 3.21. The number of ketones is 1. The van der Waals surface area contributed by atoms with Crippen molar-refractivity contribution < 1.29 is 19.0 Å². The van der Waals surface area contributed by atoms with Crippen molar-refractivity contribution in [3.05, 3.63) is 65.7 Å². The molecule has 2 saturated heterocycles. The molecule has 2 aliphatic heterocycles.